The van der Waals surface area contributed by atoms with Crippen LogP contribution in [0.5, 0.6) is 0 Å². The third kappa shape index (κ3) is 6.00. The van der Waals surface area contributed by atoms with Crippen molar-refractivity contribution in [2.75, 3.05) is 14.2 Å². The van der Waals surface area contributed by atoms with Crippen LogP contribution in [-0.4, -0.2) is 51.2 Å². The van der Waals surface area contributed by atoms with Crippen LogP contribution in [0.15, 0.2) is 30.8 Å². The summed E-state index contributed by atoms with van der Waals surface area (Å²) in [7, 11) is 2.77. The minimum Gasteiger partial charge on any atom is -0.469 e. The summed E-state index contributed by atoms with van der Waals surface area (Å²) in [4.78, 5) is 41.5. The van der Waals surface area contributed by atoms with E-state index in [2.05, 4.69) is 16.5 Å². The first-order valence-electron chi connectivity index (χ1n) is 15.1. The lowest BCUT2D eigenvalue weighted by Gasteiger charge is -2.06. The number of ether oxygens (including phenoxy) is 2. The molecule has 0 amide bonds. The molecule has 0 saturated carbocycles. The Morgan fingerprint density at radius 3 is 1.76 bits per heavy atom. The minimum atomic E-state index is -0.725. The molecule has 45 heavy (non-hydrogen) atoms. The summed E-state index contributed by atoms with van der Waals surface area (Å²) >= 11 is 0. The van der Waals surface area contributed by atoms with E-state index >= 15 is 0 Å². The molecule has 3 aromatic rings. The lowest BCUT2D eigenvalue weighted by molar-refractivity contribution is -0.141. The Morgan fingerprint density at radius 1 is 0.778 bits per heavy atom. The van der Waals surface area contributed by atoms with Crippen molar-refractivity contribution in [1.29, 1.82) is 0 Å². The highest BCUT2D eigenvalue weighted by Gasteiger charge is 2.23. The molecule has 0 saturated heterocycles. The third-order valence-corrected chi connectivity index (χ3v) is 8.87. The van der Waals surface area contributed by atoms with E-state index < -0.39 is 6.10 Å². The number of carbonyl (C=O) groups is 2. The van der Waals surface area contributed by atoms with Crippen LogP contribution < -0.4 is 0 Å². The van der Waals surface area contributed by atoms with E-state index in [1.165, 1.54) is 14.2 Å². The number of aromatic amines is 2. The fourth-order valence-electron chi connectivity index (χ4n) is 6.24. The third-order valence-electron chi connectivity index (χ3n) is 8.87. The van der Waals surface area contributed by atoms with Crippen molar-refractivity contribution in [2.45, 2.75) is 66.4 Å². The number of carbonyl (C=O) groups excluding carboxylic acids is 2. The van der Waals surface area contributed by atoms with Crippen LogP contribution in [0.2, 0.25) is 0 Å². The predicted octanol–water partition coefficient (Wildman–Crippen LogP) is 7.40. The normalized spacial score (nSPS) is 13.7. The second-order valence-electron chi connectivity index (χ2n) is 11.6. The highest BCUT2D eigenvalue weighted by Crippen LogP contribution is 2.38. The standard InChI is InChI=1S/C36H40N4O5/c1-9-23-18(2)26-14-27-19(3)24(10-12-34(42)44-7)31(38-27)17-32-25(11-13-35(43)45-8)20(4)28(39-32)16-33-36(22(6)41)21(5)29(40-33)15-30(23)37-26/h9,14-17,22,37,40-41H,1,10-13H2,2-8H3. The van der Waals surface area contributed by atoms with Gasteiger partial charge in [0.1, 0.15) is 0 Å². The molecule has 0 spiro atoms. The molecule has 0 fully saturated rings. The largest absolute Gasteiger partial charge is 0.469 e. The van der Waals surface area contributed by atoms with E-state index in [1.807, 2.05) is 58.0 Å². The number of nitrogens with zero attached hydrogens (tertiary/aromatic N) is 2. The summed E-state index contributed by atoms with van der Waals surface area (Å²) < 4.78 is 9.87. The number of nitrogens with one attached hydrogen (secondary N) is 2. The van der Waals surface area contributed by atoms with Gasteiger partial charge in [0.15, 0.2) is 0 Å². The molecule has 0 radical (unpaired) electrons. The number of aromatic nitrogens is 4. The van der Waals surface area contributed by atoms with Crippen LogP contribution in [0, 0.1) is 13.8 Å². The van der Waals surface area contributed by atoms with E-state index in [4.69, 9.17) is 19.4 Å². The number of hydrogen-bond acceptors (Lipinski definition) is 7. The van der Waals surface area contributed by atoms with Crippen molar-refractivity contribution < 1.29 is 24.2 Å². The summed E-state index contributed by atoms with van der Waals surface area (Å²) in [5, 5.41) is 10.8. The molecular weight excluding hydrogens is 568 g/mol. The predicted molar refractivity (Wildman–Crippen MR) is 179 cm³/mol. The van der Waals surface area contributed by atoms with Crippen LogP contribution >= 0.6 is 0 Å². The number of methoxy groups -OCH3 is 2. The minimum absolute atomic E-state index is 0.199. The Hall–Kier alpha value is -4.76. The molecule has 1 unspecified atom stereocenters. The van der Waals surface area contributed by atoms with Gasteiger partial charge in [0.2, 0.25) is 0 Å². The number of esters is 2. The SMILES string of the molecule is C=Cc1c(C)c2cc3nc(cc4nc(cc5[nH]c(cc1[nH]2)c(C)c5C(C)O)C(C)=C4CCC(=O)OC)C(CCC(=O)OC)=C3C. The molecule has 234 valence electrons. The Bertz CT molecular complexity index is 1950. The van der Waals surface area contributed by atoms with Gasteiger partial charge in [-0.3, -0.25) is 9.59 Å². The van der Waals surface area contributed by atoms with Gasteiger partial charge in [-0.2, -0.15) is 0 Å². The van der Waals surface area contributed by atoms with Crippen LogP contribution in [0.3, 0.4) is 0 Å². The molecule has 3 aromatic heterocycles. The monoisotopic (exact) mass is 608 g/mol. The van der Waals surface area contributed by atoms with Gasteiger partial charge in [-0.15, -0.1) is 0 Å². The summed E-state index contributed by atoms with van der Waals surface area (Å²) in [6.07, 6.45) is 2.40. The second kappa shape index (κ2) is 12.7. The van der Waals surface area contributed by atoms with Gasteiger partial charge in [-0.1, -0.05) is 12.7 Å². The zero-order chi connectivity index (χ0) is 32.6. The van der Waals surface area contributed by atoms with Crippen molar-refractivity contribution in [3.8, 4) is 0 Å². The lowest BCUT2D eigenvalue weighted by atomic mass is 9.98. The summed E-state index contributed by atoms with van der Waals surface area (Å²) in [5.74, 6) is -0.604. The summed E-state index contributed by atoms with van der Waals surface area (Å²) in [5.41, 5.74) is 13.7. The number of allylic oxidation sites excluding steroid dienone is 4. The van der Waals surface area contributed by atoms with E-state index in [-0.39, 0.29) is 24.8 Å². The lowest BCUT2D eigenvalue weighted by Crippen LogP contribution is -2.01. The van der Waals surface area contributed by atoms with E-state index in [0.717, 1.165) is 78.0 Å². The molecule has 5 heterocycles. The van der Waals surface area contributed by atoms with E-state index in [0.29, 0.717) is 24.2 Å². The number of aryl methyl sites for hydroxylation is 2. The Morgan fingerprint density at radius 2 is 1.27 bits per heavy atom. The molecule has 9 heteroatoms. The highest BCUT2D eigenvalue weighted by molar-refractivity contribution is 5.97. The molecule has 2 aliphatic rings. The number of aliphatic hydroxyl groups is 1. The molecule has 9 nitrogen and oxygen atoms in total. The maximum Gasteiger partial charge on any atom is 0.305 e. The van der Waals surface area contributed by atoms with Crippen LogP contribution in [0.1, 0.15) is 97.6 Å². The molecule has 1 atom stereocenters. The number of rotatable bonds is 8. The van der Waals surface area contributed by atoms with Gasteiger partial charge in [-0.25, -0.2) is 9.97 Å². The van der Waals surface area contributed by atoms with E-state index in [9.17, 15) is 14.7 Å². The topological polar surface area (TPSA) is 130 Å². The van der Waals surface area contributed by atoms with Gasteiger partial charge in [-0.05, 0) is 105 Å². The fourth-order valence-corrected chi connectivity index (χ4v) is 6.24. The number of fused-ring (bicyclic) bond motifs is 8. The Balaban J connectivity index is 1.90. The summed E-state index contributed by atoms with van der Waals surface area (Å²) in [6.45, 7) is 13.9. The Labute approximate surface area is 262 Å². The van der Waals surface area contributed by atoms with Gasteiger partial charge >= 0.3 is 11.9 Å². The zero-order valence-electron chi connectivity index (χ0n) is 27.0. The second-order valence-corrected chi connectivity index (χ2v) is 11.6. The van der Waals surface area contributed by atoms with Crippen molar-refractivity contribution in [1.82, 2.24) is 19.9 Å². The van der Waals surface area contributed by atoms with Crippen molar-refractivity contribution in [2.24, 2.45) is 0 Å². The van der Waals surface area contributed by atoms with Gasteiger partial charge < -0.3 is 24.5 Å². The molecule has 2 aliphatic heterocycles. The quantitative estimate of drug-likeness (QED) is 0.227. The molecule has 8 bridgehead atoms. The Kier molecular flexibility index (Phi) is 8.93. The van der Waals surface area contributed by atoms with Crippen molar-refractivity contribution in [3.63, 3.8) is 0 Å². The summed E-state index contributed by atoms with van der Waals surface area (Å²) in [6, 6.07) is 7.95. The molecule has 0 aliphatic carbocycles. The number of aliphatic hydroxyl groups excluding tert-OH is 1. The number of H-pyrrole nitrogens is 2. The maximum absolute atomic E-state index is 12.2. The maximum atomic E-state index is 12.2. The van der Waals surface area contributed by atoms with Crippen LogP contribution in [0.4, 0.5) is 0 Å². The highest BCUT2D eigenvalue weighted by atomic mass is 16.5. The van der Waals surface area contributed by atoms with Gasteiger partial charge in [0, 0.05) is 46.0 Å². The molecular formula is C36H40N4O5. The van der Waals surface area contributed by atoms with Crippen LogP contribution in [0.25, 0.3) is 50.4 Å². The first-order chi connectivity index (χ1) is 21.5. The zero-order valence-corrected chi connectivity index (χ0v) is 27.0. The molecule has 5 rings (SSSR count). The smallest absolute Gasteiger partial charge is 0.305 e. The first-order valence-corrected chi connectivity index (χ1v) is 15.1. The fraction of sp³-hybridized carbons (Fsp3) is 0.333. The van der Waals surface area contributed by atoms with Crippen molar-refractivity contribution >= 4 is 62.4 Å². The molecule has 0 aromatic carbocycles. The number of hydrogen-bond donors (Lipinski definition) is 3. The van der Waals surface area contributed by atoms with Crippen LogP contribution in [-0.2, 0) is 19.1 Å². The van der Waals surface area contributed by atoms with Gasteiger partial charge in [0.25, 0.3) is 0 Å². The average Bonchev–Trinajstić information content (AvgIpc) is 3.67. The van der Waals surface area contributed by atoms with Gasteiger partial charge in [0.05, 0.1) is 43.1 Å². The van der Waals surface area contributed by atoms with Crippen molar-refractivity contribution in [3.05, 3.63) is 75.9 Å². The van der Waals surface area contributed by atoms with E-state index in [1.54, 1.807) is 6.92 Å². The first kappa shape index (κ1) is 31.7. The molecule has 3 N–H and O–H groups in total. The average molecular weight is 609 g/mol.